The number of carbonyl (C=O) groups excluding carboxylic acids is 2. The number of aliphatic carboxylic acids is 1. The highest BCUT2D eigenvalue weighted by molar-refractivity contribution is 6.05. The molecular formula is C24H26N6O6. The van der Waals surface area contributed by atoms with E-state index in [-0.39, 0.29) is 32.6 Å². The van der Waals surface area contributed by atoms with Crippen LogP contribution in [0.3, 0.4) is 0 Å². The minimum Gasteiger partial charge on any atom is -0.480 e. The van der Waals surface area contributed by atoms with E-state index in [4.69, 9.17) is 9.47 Å². The predicted octanol–water partition coefficient (Wildman–Crippen LogP) is 1.55. The number of anilines is 1. The molecular weight excluding hydrogens is 468 g/mol. The zero-order chi connectivity index (χ0) is 25.5. The molecule has 0 aliphatic carbocycles. The first-order valence-corrected chi connectivity index (χ1v) is 11.3. The van der Waals surface area contributed by atoms with Crippen LogP contribution in [-0.4, -0.2) is 62.5 Å². The minimum absolute atomic E-state index is 0.0186. The van der Waals surface area contributed by atoms with Gasteiger partial charge in [0.25, 0.3) is 5.91 Å². The SMILES string of the molecule is COCn1nnc(CC[C@H](NC(=O)OCc2ccccc2)C(=O)N2c3ccccc3C[C@H]2C(=O)O)n1. The van der Waals surface area contributed by atoms with Crippen molar-refractivity contribution in [3.63, 3.8) is 0 Å². The van der Waals surface area contributed by atoms with E-state index in [2.05, 4.69) is 20.7 Å². The molecule has 2 amide bonds. The Hall–Kier alpha value is -4.32. The van der Waals surface area contributed by atoms with Gasteiger partial charge in [-0.05, 0) is 28.8 Å². The van der Waals surface area contributed by atoms with E-state index >= 15 is 0 Å². The van der Waals surface area contributed by atoms with Gasteiger partial charge in [0.15, 0.2) is 12.6 Å². The molecule has 2 atom stereocenters. The molecule has 0 radical (unpaired) electrons. The van der Waals surface area contributed by atoms with Crippen LogP contribution in [0, 0.1) is 0 Å². The van der Waals surface area contributed by atoms with E-state index in [9.17, 15) is 19.5 Å². The summed E-state index contributed by atoms with van der Waals surface area (Å²) >= 11 is 0. The zero-order valence-corrected chi connectivity index (χ0v) is 19.6. The van der Waals surface area contributed by atoms with Gasteiger partial charge >= 0.3 is 12.1 Å². The van der Waals surface area contributed by atoms with Crippen LogP contribution in [0.4, 0.5) is 10.5 Å². The second-order valence-corrected chi connectivity index (χ2v) is 8.19. The van der Waals surface area contributed by atoms with Crippen LogP contribution in [0.2, 0.25) is 0 Å². The monoisotopic (exact) mass is 494 g/mol. The number of nitrogens with one attached hydrogen (secondary N) is 1. The summed E-state index contributed by atoms with van der Waals surface area (Å²) in [5.74, 6) is -1.34. The van der Waals surface area contributed by atoms with E-state index in [1.54, 1.807) is 24.3 Å². The molecule has 2 heterocycles. The van der Waals surface area contributed by atoms with E-state index in [1.165, 1.54) is 16.8 Å². The highest BCUT2D eigenvalue weighted by atomic mass is 16.5. The lowest BCUT2D eigenvalue weighted by Crippen LogP contribution is -2.53. The Balaban J connectivity index is 1.52. The van der Waals surface area contributed by atoms with Crippen molar-refractivity contribution < 1.29 is 29.0 Å². The molecule has 4 rings (SSSR count). The Labute approximate surface area is 206 Å². The van der Waals surface area contributed by atoms with Crippen LogP contribution in [0.25, 0.3) is 0 Å². The molecule has 188 valence electrons. The number of benzene rings is 2. The molecule has 2 aromatic carbocycles. The third-order valence-corrected chi connectivity index (χ3v) is 5.70. The van der Waals surface area contributed by atoms with Gasteiger partial charge in [0.05, 0.1) is 0 Å². The Bertz CT molecular complexity index is 1220. The van der Waals surface area contributed by atoms with Crippen molar-refractivity contribution in [2.45, 2.75) is 44.7 Å². The molecule has 0 bridgehead atoms. The maximum absolute atomic E-state index is 13.7. The highest BCUT2D eigenvalue weighted by Crippen LogP contribution is 2.33. The van der Waals surface area contributed by atoms with Crippen LogP contribution in [0.5, 0.6) is 0 Å². The first-order valence-electron chi connectivity index (χ1n) is 11.3. The lowest BCUT2D eigenvalue weighted by Gasteiger charge is -2.27. The third kappa shape index (κ3) is 5.84. The number of para-hydroxylation sites is 1. The molecule has 1 aliphatic heterocycles. The molecule has 12 nitrogen and oxygen atoms in total. The number of methoxy groups -OCH3 is 1. The number of rotatable bonds is 10. The van der Waals surface area contributed by atoms with Crippen molar-refractivity contribution in [3.8, 4) is 0 Å². The molecule has 0 spiro atoms. The number of fused-ring (bicyclic) bond motifs is 1. The number of carboxylic acid groups (broad SMARTS) is 1. The minimum atomic E-state index is -1.13. The van der Waals surface area contributed by atoms with Crippen LogP contribution >= 0.6 is 0 Å². The summed E-state index contributed by atoms with van der Waals surface area (Å²) in [5.41, 5.74) is 2.03. The summed E-state index contributed by atoms with van der Waals surface area (Å²) in [5, 5.41) is 24.4. The lowest BCUT2D eigenvalue weighted by molar-refractivity contribution is -0.140. The maximum Gasteiger partial charge on any atom is 0.408 e. The predicted molar refractivity (Wildman–Crippen MR) is 126 cm³/mol. The van der Waals surface area contributed by atoms with Gasteiger partial charge in [0.2, 0.25) is 0 Å². The second-order valence-electron chi connectivity index (χ2n) is 8.19. The summed E-state index contributed by atoms with van der Waals surface area (Å²) < 4.78 is 10.3. The fraction of sp³-hybridized carbons (Fsp3) is 0.333. The Morgan fingerprint density at radius 3 is 2.64 bits per heavy atom. The Morgan fingerprint density at radius 1 is 1.14 bits per heavy atom. The van der Waals surface area contributed by atoms with Crippen molar-refractivity contribution in [1.82, 2.24) is 25.5 Å². The molecule has 0 unspecified atom stereocenters. The maximum atomic E-state index is 13.7. The van der Waals surface area contributed by atoms with Gasteiger partial charge in [-0.1, -0.05) is 48.5 Å². The van der Waals surface area contributed by atoms with Gasteiger partial charge in [-0.15, -0.1) is 15.0 Å². The number of hydrogen-bond acceptors (Lipinski definition) is 8. The second kappa shape index (κ2) is 11.4. The standard InChI is InChI=1S/C24H26N6O6/c1-35-15-29-27-21(26-28-29)12-11-18(25-24(34)36-14-16-7-3-2-4-8-16)22(31)30-19-10-6-5-9-17(19)13-20(30)23(32)33/h2-10,18,20H,11-15H2,1H3,(H,25,34)(H,32,33)/t18-,20-/m0/s1. The van der Waals surface area contributed by atoms with Crippen LogP contribution in [-0.2, 0) is 45.2 Å². The van der Waals surface area contributed by atoms with Gasteiger partial charge in [0, 0.05) is 25.6 Å². The first-order chi connectivity index (χ1) is 17.5. The molecule has 12 heteroatoms. The van der Waals surface area contributed by atoms with Crippen LogP contribution in [0.15, 0.2) is 54.6 Å². The number of tetrazole rings is 1. The van der Waals surface area contributed by atoms with Crippen LogP contribution < -0.4 is 10.2 Å². The summed E-state index contributed by atoms with van der Waals surface area (Å²) in [6.45, 7) is 0.134. The number of alkyl carbamates (subject to hydrolysis) is 1. The normalized spacial score (nSPS) is 15.2. The number of amides is 2. The van der Waals surface area contributed by atoms with Gasteiger partial charge in [-0.3, -0.25) is 9.69 Å². The summed E-state index contributed by atoms with van der Waals surface area (Å²) in [6, 6.07) is 13.9. The topological polar surface area (TPSA) is 149 Å². The average Bonchev–Trinajstić information content (AvgIpc) is 3.50. The van der Waals surface area contributed by atoms with Crippen molar-refractivity contribution in [2.75, 3.05) is 12.0 Å². The van der Waals surface area contributed by atoms with E-state index in [1.807, 2.05) is 30.3 Å². The number of hydrogen-bond donors (Lipinski definition) is 2. The molecule has 0 saturated heterocycles. The van der Waals surface area contributed by atoms with Crippen molar-refractivity contribution in [1.29, 1.82) is 0 Å². The smallest absolute Gasteiger partial charge is 0.408 e. The third-order valence-electron chi connectivity index (χ3n) is 5.70. The fourth-order valence-corrected chi connectivity index (χ4v) is 4.01. The number of carbonyl (C=O) groups is 3. The van der Waals surface area contributed by atoms with Crippen molar-refractivity contribution in [3.05, 3.63) is 71.5 Å². The van der Waals surface area contributed by atoms with Crippen molar-refractivity contribution >= 4 is 23.7 Å². The molecule has 36 heavy (non-hydrogen) atoms. The van der Waals surface area contributed by atoms with E-state index in [0.717, 1.165) is 11.1 Å². The first kappa shape index (κ1) is 24.8. The molecule has 2 N–H and O–H groups in total. The molecule has 0 fully saturated rings. The number of carboxylic acids is 1. The van der Waals surface area contributed by atoms with Gasteiger partial charge in [-0.25, -0.2) is 9.59 Å². The molecule has 1 aliphatic rings. The Morgan fingerprint density at radius 2 is 1.89 bits per heavy atom. The number of ether oxygens (including phenoxy) is 2. The summed E-state index contributed by atoms with van der Waals surface area (Å²) in [7, 11) is 1.50. The molecule has 1 aromatic heterocycles. The van der Waals surface area contributed by atoms with E-state index in [0.29, 0.717) is 11.5 Å². The lowest BCUT2D eigenvalue weighted by atomic mass is 10.1. The van der Waals surface area contributed by atoms with Gasteiger partial charge in [-0.2, -0.15) is 0 Å². The number of aryl methyl sites for hydroxylation is 1. The largest absolute Gasteiger partial charge is 0.480 e. The zero-order valence-electron chi connectivity index (χ0n) is 19.6. The Kier molecular flexibility index (Phi) is 7.85. The average molecular weight is 495 g/mol. The number of aromatic nitrogens is 4. The fourth-order valence-electron chi connectivity index (χ4n) is 4.01. The molecule has 0 saturated carbocycles. The van der Waals surface area contributed by atoms with E-state index < -0.39 is 30.1 Å². The highest BCUT2D eigenvalue weighted by Gasteiger charge is 2.41. The molecule has 3 aromatic rings. The summed E-state index contributed by atoms with van der Waals surface area (Å²) in [4.78, 5) is 40.8. The summed E-state index contributed by atoms with van der Waals surface area (Å²) in [6.07, 6.45) is -0.322. The van der Waals surface area contributed by atoms with Gasteiger partial charge in [0.1, 0.15) is 18.7 Å². The van der Waals surface area contributed by atoms with Gasteiger partial charge < -0.3 is 19.9 Å². The quantitative estimate of drug-likeness (QED) is 0.428. The number of nitrogens with zero attached hydrogens (tertiary/aromatic N) is 5. The van der Waals surface area contributed by atoms with Crippen LogP contribution in [0.1, 0.15) is 23.4 Å². The van der Waals surface area contributed by atoms with Crippen molar-refractivity contribution in [2.24, 2.45) is 0 Å².